The number of aromatic nitrogens is 1. The number of hydrogen-bond donors (Lipinski definition) is 7. The smallest absolute Gasteiger partial charge is 0.411 e. The summed E-state index contributed by atoms with van der Waals surface area (Å²) in [6.07, 6.45) is 2.79. The monoisotopic (exact) mass is 1610 g/mol. The maximum absolute atomic E-state index is 15.1. The zero-order valence-corrected chi connectivity index (χ0v) is 69.5. The minimum Gasteiger partial charge on any atom is -0.431 e. The van der Waals surface area contributed by atoms with Crippen LogP contribution in [0.5, 0.6) is 0 Å². The molecule has 1 aromatic heterocycles. The van der Waals surface area contributed by atoms with Crippen LogP contribution in [0, 0.1) is 29.6 Å². The summed E-state index contributed by atoms with van der Waals surface area (Å²) in [4.78, 5) is 191. The van der Waals surface area contributed by atoms with Gasteiger partial charge in [-0.1, -0.05) is 111 Å². The molecule has 33 heteroatoms. The van der Waals surface area contributed by atoms with Gasteiger partial charge in [-0.2, -0.15) is 0 Å². The Labute approximate surface area is 674 Å². The number of rotatable bonds is 47. The van der Waals surface area contributed by atoms with Crippen molar-refractivity contribution < 1.29 is 86.0 Å². The lowest BCUT2D eigenvalue weighted by Crippen LogP contribution is -2.60. The van der Waals surface area contributed by atoms with Gasteiger partial charge < -0.3 is 80.9 Å². The van der Waals surface area contributed by atoms with E-state index in [1.54, 1.807) is 76.6 Å². The molecule has 0 radical (unpaired) electrons. The van der Waals surface area contributed by atoms with E-state index in [9.17, 15) is 57.5 Å². The summed E-state index contributed by atoms with van der Waals surface area (Å²) < 4.78 is 29.5. The molecule has 8 N–H and O–H groups in total. The van der Waals surface area contributed by atoms with Crippen LogP contribution in [-0.2, 0) is 82.8 Å². The molecule has 2 fully saturated rings. The molecule has 0 bridgehead atoms. The van der Waals surface area contributed by atoms with E-state index in [1.165, 1.54) is 49.8 Å². The minimum atomic E-state index is -1.55. The predicted octanol–water partition coefficient (Wildman–Crippen LogP) is 4.97. The first-order chi connectivity index (χ1) is 54.3. The van der Waals surface area contributed by atoms with E-state index in [-0.39, 0.29) is 125 Å². The zero-order valence-electron chi connectivity index (χ0n) is 68.7. The molecule has 0 spiro atoms. The van der Waals surface area contributed by atoms with Gasteiger partial charge in [0.25, 0.3) is 17.7 Å². The highest BCUT2D eigenvalue weighted by Crippen LogP contribution is 2.34. The van der Waals surface area contributed by atoms with Gasteiger partial charge in [-0.3, -0.25) is 62.5 Å². The number of carbonyl (C=O) groups excluding carboxylic acids is 13. The number of hydrogen-bond acceptors (Lipinski definition) is 21. The number of primary amides is 1. The molecule has 3 aromatic rings. The molecule has 1 unspecified atom stereocenters. The molecule has 3 aliphatic heterocycles. The van der Waals surface area contributed by atoms with E-state index in [0.717, 1.165) is 32.5 Å². The molecule has 114 heavy (non-hydrogen) atoms. The van der Waals surface area contributed by atoms with Crippen molar-refractivity contribution in [3.8, 4) is 0 Å². The van der Waals surface area contributed by atoms with Crippen LogP contribution in [0.15, 0.2) is 78.3 Å². The third-order valence-corrected chi connectivity index (χ3v) is 22.2. The normalized spacial score (nSPS) is 17.4. The molecule has 12 atom stereocenters. The number of carbonyl (C=O) groups is 13. The van der Waals surface area contributed by atoms with Gasteiger partial charge in [0.05, 0.1) is 62.1 Å². The van der Waals surface area contributed by atoms with Crippen LogP contribution in [0.4, 0.5) is 15.3 Å². The number of methoxy groups -OCH3 is 2. The first kappa shape index (κ1) is 93.6. The molecule has 3 aliphatic rings. The van der Waals surface area contributed by atoms with Crippen LogP contribution < -0.4 is 37.6 Å². The summed E-state index contributed by atoms with van der Waals surface area (Å²) in [5, 5.41) is 19.2. The van der Waals surface area contributed by atoms with Crippen LogP contribution in [0.1, 0.15) is 148 Å². The topological polar surface area (TPSA) is 399 Å². The van der Waals surface area contributed by atoms with Crippen molar-refractivity contribution in [3.05, 3.63) is 94.5 Å². The van der Waals surface area contributed by atoms with E-state index < -0.39 is 138 Å². The molecule has 6 rings (SSSR count). The van der Waals surface area contributed by atoms with E-state index in [1.807, 2.05) is 68.4 Å². The van der Waals surface area contributed by atoms with Gasteiger partial charge >= 0.3 is 12.1 Å². The van der Waals surface area contributed by atoms with Gasteiger partial charge in [0.1, 0.15) is 30.0 Å². The Kier molecular flexibility index (Phi) is 38.5. The van der Waals surface area contributed by atoms with E-state index in [4.69, 9.17) is 29.4 Å². The van der Waals surface area contributed by atoms with Gasteiger partial charge in [-0.25, -0.2) is 14.6 Å². The number of likely N-dealkylation sites (N-methyl/N-ethyl adjacent to an activating group) is 3. The summed E-state index contributed by atoms with van der Waals surface area (Å²) in [6.45, 7) is 19.0. The Morgan fingerprint density at radius 1 is 0.693 bits per heavy atom. The number of urea groups is 1. The molecular weight excluding hydrogens is 1490 g/mol. The van der Waals surface area contributed by atoms with Gasteiger partial charge in [0.15, 0.2) is 0 Å². The molecule has 630 valence electrons. The van der Waals surface area contributed by atoms with E-state index >= 15 is 4.79 Å². The Bertz CT molecular complexity index is 3670. The molecule has 0 saturated carbocycles. The standard InChI is InChI=1S/C81H122N14O18S/c1-15-53(8)71(62(109-13)49-67(101)94-36-20-24-60(94)72(110-14)54(9)61(96)48-57(77-84-35-46-114-77)47-55-21-17-16-18-22-55)91(11)78(105)69(51(4)5)89-76(104)70(52(6)7)92(12)81(108)113-73(79(106)93-40-38-90(10)39-41-93)56-25-27-58(28-26-56)86-74(102)59(23-19-33-85-80(82)107)87-75(103)68(50(2)3)88-64(98)32-42-111-44-45-112-43-34-83-63(97)31-37-95-65(99)29-30-66(95)100/h16-18,21-22,25-30,35,46,50-54,57,59-60,62,68-73H,15,19-20,23-24,31-34,36-45,47-49H2,1-14H3,(H,83,97)(H,86,102)(H,87,103)(H,88,98)(H,89,104)(H3,82,85,107)/t53-,54-,57+,59-,60-,62+,68-,69-,70-,71-,72+,73?/m0/s1. The maximum Gasteiger partial charge on any atom is 0.411 e. The molecular formula is C81H122N14O18S. The van der Waals surface area contributed by atoms with Crippen molar-refractivity contribution in [3.63, 3.8) is 0 Å². The summed E-state index contributed by atoms with van der Waals surface area (Å²) in [5.74, 6) is -7.44. The number of nitrogens with one attached hydrogen (secondary N) is 6. The maximum atomic E-state index is 15.1. The van der Waals surface area contributed by atoms with Crippen molar-refractivity contribution in [2.75, 3.05) is 119 Å². The van der Waals surface area contributed by atoms with Crippen molar-refractivity contribution >= 4 is 94.0 Å². The van der Waals surface area contributed by atoms with Gasteiger partial charge in [0, 0.05) is 147 Å². The lowest BCUT2D eigenvalue weighted by molar-refractivity contribution is -0.148. The first-order valence-electron chi connectivity index (χ1n) is 39.6. The highest BCUT2D eigenvalue weighted by atomic mass is 32.1. The fraction of sp³-hybridized carbons (Fsp3) is 0.630. The lowest BCUT2D eigenvalue weighted by atomic mass is 9.85. The number of thiazole rings is 1. The second-order valence-electron chi connectivity index (χ2n) is 30.6. The Morgan fingerprint density at radius 2 is 1.35 bits per heavy atom. The van der Waals surface area contributed by atoms with Crippen LogP contribution >= 0.6 is 11.3 Å². The van der Waals surface area contributed by atoms with Crippen molar-refractivity contribution in [1.82, 2.24) is 61.0 Å². The third-order valence-electron chi connectivity index (χ3n) is 21.2. The van der Waals surface area contributed by atoms with E-state index in [2.05, 4.69) is 36.9 Å². The van der Waals surface area contributed by atoms with Crippen molar-refractivity contribution in [1.29, 1.82) is 0 Å². The number of imide groups is 1. The average molecular weight is 1610 g/mol. The predicted molar refractivity (Wildman–Crippen MR) is 428 cm³/mol. The van der Waals surface area contributed by atoms with Gasteiger partial charge in [-0.05, 0) is 80.5 Å². The van der Waals surface area contributed by atoms with Gasteiger partial charge in [0.2, 0.25) is 47.5 Å². The van der Waals surface area contributed by atoms with Crippen LogP contribution in [0.2, 0.25) is 0 Å². The Hall–Kier alpha value is -9.28. The number of nitrogens with two attached hydrogens (primary N) is 1. The minimum absolute atomic E-state index is 0.0113. The largest absolute Gasteiger partial charge is 0.431 e. The Balaban J connectivity index is 1.09. The van der Waals surface area contributed by atoms with Crippen LogP contribution in [-0.4, -0.2) is 274 Å². The average Bonchev–Trinajstić information content (AvgIpc) is 1.36. The third kappa shape index (κ3) is 28.0. The number of ketones is 1. The van der Waals surface area contributed by atoms with Crippen molar-refractivity contribution in [2.24, 2.45) is 35.3 Å². The summed E-state index contributed by atoms with van der Waals surface area (Å²) >= 11 is 1.52. The number of Topliss-reactive ketones (excluding diaryl/α,β-unsaturated/α-hetero) is 1. The molecule has 32 nitrogen and oxygen atoms in total. The lowest BCUT2D eigenvalue weighted by Gasteiger charge is -2.41. The highest BCUT2D eigenvalue weighted by molar-refractivity contribution is 7.09. The van der Waals surface area contributed by atoms with Crippen molar-refractivity contribution in [2.45, 2.75) is 187 Å². The van der Waals surface area contributed by atoms with Crippen LogP contribution in [0.3, 0.4) is 0 Å². The quantitative estimate of drug-likeness (QED) is 0.0290. The summed E-state index contributed by atoms with van der Waals surface area (Å²) in [7, 11) is 8.02. The number of anilines is 1. The molecule has 4 heterocycles. The molecule has 0 aliphatic carbocycles. The summed E-state index contributed by atoms with van der Waals surface area (Å²) in [5.41, 5.74) is 6.85. The number of piperazine rings is 1. The zero-order chi connectivity index (χ0) is 83.9. The fourth-order valence-electron chi connectivity index (χ4n) is 14.5. The molecule has 2 aromatic carbocycles. The SMILES string of the molecule is CC[C@H](C)[C@@H]([C@@H](CC(=O)N1CCC[C@H]1[C@H](OC)[C@@H](C)C(=O)C[C@@H](Cc1ccccc1)c1nccs1)OC)N(C)C(=O)[C@@H](NC(=O)[C@H](C(C)C)N(C)C(=O)OC(C(=O)N1CCN(C)CC1)c1ccc(NC(=O)[C@H](CCCNC(N)=O)NC(=O)[C@@H](NC(=O)CCOCCOCCNC(=O)CCN2C(=O)C=CC2=O)C(C)C)cc1)C(C)C. The second kappa shape index (κ2) is 46.9. The number of amides is 13. The molecule has 13 amide bonds. The first-order valence-corrected chi connectivity index (χ1v) is 40.5. The molecule has 2 saturated heterocycles. The number of ether oxygens (including phenoxy) is 5. The summed E-state index contributed by atoms with van der Waals surface area (Å²) in [6, 6.07) is 9.44. The highest BCUT2D eigenvalue weighted by Gasteiger charge is 2.45. The van der Waals surface area contributed by atoms with Crippen LogP contribution in [0.25, 0.3) is 0 Å². The second-order valence-corrected chi connectivity index (χ2v) is 31.5. The van der Waals surface area contributed by atoms with Gasteiger partial charge in [-0.15, -0.1) is 11.3 Å². The number of benzene rings is 2. The fourth-order valence-corrected chi connectivity index (χ4v) is 15.2. The number of likely N-dealkylation sites (tertiary alicyclic amines) is 1. The number of nitrogens with zero attached hydrogens (tertiary/aromatic N) is 7. The van der Waals surface area contributed by atoms with E-state index in [0.29, 0.717) is 58.4 Å². The Morgan fingerprint density at radius 3 is 1.95 bits per heavy atom.